The van der Waals surface area contributed by atoms with Gasteiger partial charge in [-0.05, 0) is 18.6 Å². The van der Waals surface area contributed by atoms with Gasteiger partial charge in [0.2, 0.25) is 5.90 Å². The minimum Gasteiger partial charge on any atom is -0.409 e. The maximum Gasteiger partial charge on any atom is 0.312 e. The average Bonchev–Trinajstić information content (AvgIpc) is 2.26. The zero-order valence-electron chi connectivity index (χ0n) is 8.06. The predicted octanol–water partition coefficient (Wildman–Crippen LogP) is 1.85. The molecular weight excluding hydrogens is 192 g/mol. The molecule has 0 aromatic heterocycles. The summed E-state index contributed by atoms with van der Waals surface area (Å²) in [4.78, 5) is 15.4. The first-order chi connectivity index (χ1) is 7.33. The third kappa shape index (κ3) is 1.38. The molecule has 1 saturated heterocycles. The third-order valence-electron chi connectivity index (χ3n) is 2.62. The highest BCUT2D eigenvalue weighted by molar-refractivity contribution is 6.00. The number of esters is 1. The summed E-state index contributed by atoms with van der Waals surface area (Å²) in [5.74, 6) is 0.316. The third-order valence-corrected chi connectivity index (χ3v) is 2.62. The highest BCUT2D eigenvalue weighted by Crippen LogP contribution is 2.31. The van der Waals surface area contributed by atoms with E-state index in [0.717, 1.165) is 17.8 Å². The van der Waals surface area contributed by atoms with Gasteiger partial charge in [-0.25, -0.2) is 4.99 Å². The molecule has 2 aliphatic rings. The molecule has 1 unspecified atom stereocenters. The van der Waals surface area contributed by atoms with E-state index in [2.05, 4.69) is 10.3 Å². The minimum absolute atomic E-state index is 0.0533. The Hall–Kier alpha value is -1.84. The molecule has 4 nitrogen and oxygen atoms in total. The van der Waals surface area contributed by atoms with Crippen LogP contribution in [0.5, 0.6) is 0 Å². The van der Waals surface area contributed by atoms with E-state index < -0.39 is 0 Å². The largest absolute Gasteiger partial charge is 0.409 e. The highest BCUT2D eigenvalue weighted by Gasteiger charge is 2.30. The molecule has 2 heterocycles. The zero-order chi connectivity index (χ0) is 10.3. The molecule has 2 aliphatic heterocycles. The van der Waals surface area contributed by atoms with Crippen molar-refractivity contribution in [3.63, 3.8) is 0 Å². The normalized spacial score (nSPS) is 23.1. The fraction of sp³-hybridized carbons (Fsp3) is 0.273. The number of hydrogen-bond acceptors (Lipinski definition) is 4. The first kappa shape index (κ1) is 8.47. The molecule has 0 saturated carbocycles. The summed E-state index contributed by atoms with van der Waals surface area (Å²) in [6, 6.07) is 7.80. The van der Waals surface area contributed by atoms with Crippen LogP contribution in [0.2, 0.25) is 0 Å². The van der Waals surface area contributed by atoms with Crippen molar-refractivity contribution in [3.05, 3.63) is 24.3 Å². The number of nitrogens with one attached hydrogen (secondary N) is 1. The molecule has 0 amide bonds. The molecule has 4 heteroatoms. The fourth-order valence-corrected chi connectivity index (χ4v) is 1.86. The topological polar surface area (TPSA) is 50.7 Å². The Morgan fingerprint density at radius 2 is 2.27 bits per heavy atom. The van der Waals surface area contributed by atoms with Crippen LogP contribution < -0.4 is 5.32 Å². The summed E-state index contributed by atoms with van der Waals surface area (Å²) in [7, 11) is 0. The molecule has 0 aliphatic carbocycles. The molecule has 1 atom stereocenters. The maximum absolute atomic E-state index is 11.1. The number of fused-ring (bicyclic) bond motifs is 2. The van der Waals surface area contributed by atoms with Gasteiger partial charge in [-0.1, -0.05) is 12.1 Å². The van der Waals surface area contributed by atoms with Crippen molar-refractivity contribution >= 4 is 23.2 Å². The molecule has 76 valence electrons. The van der Waals surface area contributed by atoms with Gasteiger partial charge in [-0.2, -0.15) is 0 Å². The number of rotatable bonds is 0. The molecule has 0 bridgehead atoms. The van der Waals surface area contributed by atoms with E-state index in [-0.39, 0.29) is 12.0 Å². The number of ether oxygens (including phenoxy) is 1. The summed E-state index contributed by atoms with van der Waals surface area (Å²) >= 11 is 0. The molecular formula is C11H10N2O2. The van der Waals surface area contributed by atoms with Crippen LogP contribution >= 0.6 is 0 Å². The number of benzene rings is 1. The van der Waals surface area contributed by atoms with E-state index >= 15 is 0 Å². The van der Waals surface area contributed by atoms with Gasteiger partial charge < -0.3 is 10.1 Å². The molecule has 1 aromatic rings. The van der Waals surface area contributed by atoms with E-state index in [9.17, 15) is 4.79 Å². The Bertz CT molecular complexity index is 454. The van der Waals surface area contributed by atoms with Gasteiger partial charge in [0.15, 0.2) is 0 Å². The number of aliphatic imine (C=N–C) groups is 1. The van der Waals surface area contributed by atoms with E-state index in [1.54, 1.807) is 0 Å². The Kier molecular flexibility index (Phi) is 1.74. The van der Waals surface area contributed by atoms with E-state index in [1.807, 2.05) is 24.3 Å². The van der Waals surface area contributed by atoms with Crippen molar-refractivity contribution in [3.8, 4) is 0 Å². The van der Waals surface area contributed by atoms with E-state index in [0.29, 0.717) is 12.3 Å². The second-order valence-corrected chi connectivity index (χ2v) is 3.68. The molecule has 1 aromatic carbocycles. The van der Waals surface area contributed by atoms with Gasteiger partial charge in [0, 0.05) is 6.42 Å². The molecule has 3 rings (SSSR count). The number of carbonyl (C=O) groups excluding carboxylic acids is 1. The quantitative estimate of drug-likeness (QED) is 0.653. The smallest absolute Gasteiger partial charge is 0.312 e. The molecule has 0 spiro atoms. The lowest BCUT2D eigenvalue weighted by Crippen LogP contribution is -2.39. The summed E-state index contributed by atoms with van der Waals surface area (Å²) in [5, 5.41) is 3.31. The second kappa shape index (κ2) is 3.08. The van der Waals surface area contributed by atoms with Crippen molar-refractivity contribution < 1.29 is 9.53 Å². The van der Waals surface area contributed by atoms with Crippen LogP contribution in [0.1, 0.15) is 12.8 Å². The Balaban J connectivity index is 2.02. The van der Waals surface area contributed by atoms with Gasteiger partial charge in [0.25, 0.3) is 0 Å². The molecule has 0 radical (unpaired) electrons. The average molecular weight is 202 g/mol. The van der Waals surface area contributed by atoms with Crippen LogP contribution in [-0.4, -0.2) is 17.9 Å². The van der Waals surface area contributed by atoms with Crippen LogP contribution in [0.4, 0.5) is 11.4 Å². The monoisotopic (exact) mass is 202 g/mol. The first-order valence-electron chi connectivity index (χ1n) is 4.98. The van der Waals surface area contributed by atoms with Gasteiger partial charge in [-0.3, -0.25) is 4.79 Å². The van der Waals surface area contributed by atoms with Crippen LogP contribution in [0.25, 0.3) is 0 Å². The molecule has 1 N–H and O–H groups in total. The second-order valence-electron chi connectivity index (χ2n) is 3.68. The lowest BCUT2D eigenvalue weighted by Gasteiger charge is -2.28. The molecule has 15 heavy (non-hydrogen) atoms. The number of nitrogens with zero attached hydrogens (tertiary/aromatic N) is 1. The SMILES string of the molecule is O=C1CCC2Nc3ccccc3N=C2O1. The van der Waals surface area contributed by atoms with Crippen molar-refractivity contribution in [1.29, 1.82) is 0 Å². The van der Waals surface area contributed by atoms with Crippen molar-refractivity contribution in [2.24, 2.45) is 4.99 Å². The summed E-state index contributed by atoms with van der Waals surface area (Å²) in [5.41, 5.74) is 1.84. The van der Waals surface area contributed by atoms with Crippen molar-refractivity contribution in [1.82, 2.24) is 0 Å². The number of anilines is 1. The van der Waals surface area contributed by atoms with E-state index in [1.165, 1.54) is 0 Å². The fourth-order valence-electron chi connectivity index (χ4n) is 1.86. The van der Waals surface area contributed by atoms with Crippen LogP contribution in [0.15, 0.2) is 29.3 Å². The summed E-state index contributed by atoms with van der Waals surface area (Å²) in [6.45, 7) is 0. The van der Waals surface area contributed by atoms with Gasteiger partial charge in [0.05, 0.1) is 11.4 Å². The Morgan fingerprint density at radius 1 is 1.40 bits per heavy atom. The molecule has 1 fully saturated rings. The maximum atomic E-state index is 11.1. The van der Waals surface area contributed by atoms with E-state index in [4.69, 9.17) is 4.74 Å². The number of hydrogen-bond donors (Lipinski definition) is 1. The Labute approximate surface area is 87.0 Å². The first-order valence-corrected chi connectivity index (χ1v) is 4.98. The van der Waals surface area contributed by atoms with Gasteiger partial charge in [-0.15, -0.1) is 0 Å². The van der Waals surface area contributed by atoms with Gasteiger partial charge >= 0.3 is 5.97 Å². The highest BCUT2D eigenvalue weighted by atomic mass is 16.5. The number of para-hydroxylation sites is 2. The predicted molar refractivity (Wildman–Crippen MR) is 56.3 cm³/mol. The summed E-state index contributed by atoms with van der Waals surface area (Å²) in [6.07, 6.45) is 1.21. The zero-order valence-corrected chi connectivity index (χ0v) is 8.06. The van der Waals surface area contributed by atoms with Gasteiger partial charge in [0.1, 0.15) is 6.04 Å². The lowest BCUT2D eigenvalue weighted by molar-refractivity contribution is -0.137. The standard InChI is InChI=1S/C11H10N2O2/c14-10-6-5-9-11(15-10)13-8-4-2-1-3-7(8)12-9/h1-4,9,12H,5-6H2. The van der Waals surface area contributed by atoms with Crippen molar-refractivity contribution in [2.75, 3.05) is 5.32 Å². The summed E-state index contributed by atoms with van der Waals surface area (Å²) < 4.78 is 5.10. The Morgan fingerprint density at radius 3 is 3.20 bits per heavy atom. The number of carbonyl (C=O) groups is 1. The van der Waals surface area contributed by atoms with Crippen molar-refractivity contribution in [2.45, 2.75) is 18.9 Å². The van der Waals surface area contributed by atoms with Crippen LogP contribution in [-0.2, 0) is 9.53 Å². The van der Waals surface area contributed by atoms with Crippen LogP contribution in [0, 0.1) is 0 Å². The minimum atomic E-state index is -0.189. The lowest BCUT2D eigenvalue weighted by atomic mass is 10.1. The van der Waals surface area contributed by atoms with Crippen LogP contribution in [0.3, 0.4) is 0 Å².